The van der Waals surface area contributed by atoms with Gasteiger partial charge in [-0.05, 0) is 6.42 Å². The maximum atomic E-state index is 10.5. The average molecular weight is 166 g/mol. The van der Waals surface area contributed by atoms with E-state index in [0.717, 1.165) is 12.1 Å². The molecule has 0 saturated heterocycles. The molecule has 0 amide bonds. The lowest BCUT2D eigenvalue weighted by Gasteiger charge is -1.97. The van der Waals surface area contributed by atoms with Crippen molar-refractivity contribution in [2.75, 3.05) is 0 Å². The molecule has 4 heteroatoms. The summed E-state index contributed by atoms with van der Waals surface area (Å²) in [5, 5.41) is 8.68. The molecule has 1 heterocycles. The molecule has 2 rings (SSSR count). The van der Waals surface area contributed by atoms with Crippen LogP contribution in [0.25, 0.3) is 0 Å². The lowest BCUT2D eigenvalue weighted by Crippen LogP contribution is -2.01. The van der Waals surface area contributed by atoms with E-state index >= 15 is 0 Å². The Morgan fingerprint density at radius 1 is 1.83 bits per heavy atom. The van der Waals surface area contributed by atoms with E-state index in [1.54, 1.807) is 12.5 Å². The second kappa shape index (κ2) is 2.33. The number of carbonyl (C=O) groups is 1. The number of carboxylic acids is 1. The van der Waals surface area contributed by atoms with Crippen molar-refractivity contribution < 1.29 is 9.90 Å². The van der Waals surface area contributed by atoms with Crippen LogP contribution in [0.2, 0.25) is 0 Å². The molecule has 1 fully saturated rings. The Bertz CT molecular complexity index is 319. The van der Waals surface area contributed by atoms with Crippen LogP contribution in [0.3, 0.4) is 0 Å². The van der Waals surface area contributed by atoms with Gasteiger partial charge in [0, 0.05) is 24.9 Å². The number of hydrogen-bond donors (Lipinski definition) is 1. The molecular formula is C8H10N2O2. The molecule has 1 aromatic heterocycles. The second-order valence-electron chi connectivity index (χ2n) is 3.22. The molecule has 1 aliphatic rings. The van der Waals surface area contributed by atoms with E-state index in [9.17, 15) is 4.79 Å². The topological polar surface area (TPSA) is 55.1 Å². The van der Waals surface area contributed by atoms with Gasteiger partial charge in [0.1, 0.15) is 0 Å². The third kappa shape index (κ3) is 0.995. The molecule has 0 bridgehead atoms. The van der Waals surface area contributed by atoms with Gasteiger partial charge in [-0.15, -0.1) is 0 Å². The van der Waals surface area contributed by atoms with Crippen molar-refractivity contribution in [2.45, 2.75) is 12.3 Å². The van der Waals surface area contributed by atoms with Gasteiger partial charge in [0.2, 0.25) is 0 Å². The Morgan fingerprint density at radius 2 is 2.58 bits per heavy atom. The molecule has 0 radical (unpaired) electrons. The molecule has 0 spiro atoms. The van der Waals surface area contributed by atoms with E-state index in [1.807, 2.05) is 11.6 Å². The number of aromatic nitrogens is 2. The largest absolute Gasteiger partial charge is 0.481 e. The van der Waals surface area contributed by atoms with Gasteiger partial charge in [-0.1, -0.05) is 0 Å². The first-order chi connectivity index (χ1) is 5.70. The van der Waals surface area contributed by atoms with Crippen LogP contribution < -0.4 is 0 Å². The number of imidazole rings is 1. The van der Waals surface area contributed by atoms with Gasteiger partial charge in [-0.2, -0.15) is 0 Å². The highest BCUT2D eigenvalue weighted by Gasteiger charge is 2.45. The van der Waals surface area contributed by atoms with Crippen LogP contribution in [0, 0.1) is 5.92 Å². The minimum atomic E-state index is -0.693. The van der Waals surface area contributed by atoms with Gasteiger partial charge in [-0.3, -0.25) is 4.79 Å². The smallest absolute Gasteiger partial charge is 0.307 e. The molecule has 12 heavy (non-hydrogen) atoms. The van der Waals surface area contributed by atoms with Gasteiger partial charge >= 0.3 is 5.97 Å². The lowest BCUT2D eigenvalue weighted by atomic mass is 10.2. The van der Waals surface area contributed by atoms with E-state index in [0.29, 0.717) is 0 Å². The maximum absolute atomic E-state index is 10.5. The average Bonchev–Trinajstić information content (AvgIpc) is 2.70. The fourth-order valence-corrected chi connectivity index (χ4v) is 1.52. The zero-order valence-corrected chi connectivity index (χ0v) is 6.77. The summed E-state index contributed by atoms with van der Waals surface area (Å²) in [6.45, 7) is 0. The van der Waals surface area contributed by atoms with Crippen LogP contribution in [0.4, 0.5) is 0 Å². The van der Waals surface area contributed by atoms with Crippen molar-refractivity contribution in [1.29, 1.82) is 0 Å². The predicted molar refractivity (Wildman–Crippen MR) is 41.7 cm³/mol. The molecule has 64 valence electrons. The normalized spacial score (nSPS) is 27.1. The van der Waals surface area contributed by atoms with Crippen LogP contribution >= 0.6 is 0 Å². The van der Waals surface area contributed by atoms with Gasteiger partial charge in [0.05, 0.1) is 12.2 Å². The summed E-state index contributed by atoms with van der Waals surface area (Å²) in [5.41, 5.74) is 1.03. The van der Waals surface area contributed by atoms with E-state index in [1.165, 1.54) is 0 Å². The van der Waals surface area contributed by atoms with Gasteiger partial charge in [0.25, 0.3) is 0 Å². The molecule has 2 atom stereocenters. The van der Waals surface area contributed by atoms with Crippen LogP contribution in [0.1, 0.15) is 18.0 Å². The Balaban J connectivity index is 2.15. The summed E-state index contributed by atoms with van der Waals surface area (Å²) >= 11 is 0. The number of aliphatic carboxylic acids is 1. The summed E-state index contributed by atoms with van der Waals surface area (Å²) < 4.78 is 1.88. The first-order valence-electron chi connectivity index (χ1n) is 3.89. The molecule has 0 unspecified atom stereocenters. The number of rotatable bonds is 2. The van der Waals surface area contributed by atoms with Crippen LogP contribution in [0.15, 0.2) is 12.5 Å². The van der Waals surface area contributed by atoms with E-state index in [4.69, 9.17) is 5.11 Å². The molecule has 1 N–H and O–H groups in total. The molecular weight excluding hydrogens is 156 g/mol. The van der Waals surface area contributed by atoms with Gasteiger partial charge in [-0.25, -0.2) is 4.98 Å². The van der Waals surface area contributed by atoms with Gasteiger partial charge < -0.3 is 9.67 Å². The zero-order valence-electron chi connectivity index (χ0n) is 6.77. The minimum absolute atomic E-state index is 0.180. The van der Waals surface area contributed by atoms with Crippen molar-refractivity contribution >= 4 is 5.97 Å². The number of aryl methyl sites for hydroxylation is 1. The fraction of sp³-hybridized carbons (Fsp3) is 0.500. The third-order valence-corrected chi connectivity index (χ3v) is 2.34. The van der Waals surface area contributed by atoms with Crippen molar-refractivity contribution in [1.82, 2.24) is 9.55 Å². The Hall–Kier alpha value is -1.32. The van der Waals surface area contributed by atoms with Crippen LogP contribution in [-0.2, 0) is 11.8 Å². The highest BCUT2D eigenvalue weighted by atomic mass is 16.4. The summed E-state index contributed by atoms with van der Waals surface area (Å²) in [6.07, 6.45) is 4.20. The number of carboxylic acid groups (broad SMARTS) is 1. The molecule has 1 aliphatic carbocycles. The summed E-state index contributed by atoms with van der Waals surface area (Å²) in [7, 11) is 1.89. The Labute approximate surface area is 69.8 Å². The number of nitrogens with zero attached hydrogens (tertiary/aromatic N) is 2. The maximum Gasteiger partial charge on any atom is 0.307 e. The first kappa shape index (κ1) is 7.34. The SMILES string of the molecule is Cn1cncc1[C@H]1C[C@H]1C(=O)O. The van der Waals surface area contributed by atoms with Crippen LogP contribution in [-0.4, -0.2) is 20.6 Å². The summed E-state index contributed by atoms with van der Waals surface area (Å²) in [6, 6.07) is 0. The van der Waals surface area contributed by atoms with E-state index < -0.39 is 5.97 Å². The highest BCUT2D eigenvalue weighted by Crippen LogP contribution is 2.47. The quantitative estimate of drug-likeness (QED) is 0.700. The zero-order chi connectivity index (χ0) is 8.72. The molecule has 0 aromatic carbocycles. The van der Waals surface area contributed by atoms with E-state index in [-0.39, 0.29) is 11.8 Å². The standard InChI is InChI=1S/C8H10N2O2/c1-10-4-9-3-7(10)5-2-6(5)8(11)12/h3-6H,2H2,1H3,(H,11,12)/t5-,6+/m0/s1. The van der Waals surface area contributed by atoms with Crippen molar-refractivity contribution in [3.8, 4) is 0 Å². The van der Waals surface area contributed by atoms with Crippen LogP contribution in [0.5, 0.6) is 0 Å². The molecule has 4 nitrogen and oxygen atoms in total. The Morgan fingerprint density at radius 3 is 3.00 bits per heavy atom. The second-order valence-corrected chi connectivity index (χ2v) is 3.22. The molecule has 1 saturated carbocycles. The molecule has 1 aromatic rings. The lowest BCUT2D eigenvalue weighted by molar-refractivity contribution is -0.138. The summed E-state index contributed by atoms with van der Waals surface area (Å²) in [4.78, 5) is 14.5. The predicted octanol–water partition coefficient (Wildman–Crippen LogP) is 0.608. The van der Waals surface area contributed by atoms with Crippen molar-refractivity contribution in [3.63, 3.8) is 0 Å². The fourth-order valence-electron chi connectivity index (χ4n) is 1.52. The monoisotopic (exact) mass is 166 g/mol. The van der Waals surface area contributed by atoms with E-state index in [2.05, 4.69) is 4.98 Å². The minimum Gasteiger partial charge on any atom is -0.481 e. The van der Waals surface area contributed by atoms with Crippen molar-refractivity contribution in [3.05, 3.63) is 18.2 Å². The third-order valence-electron chi connectivity index (χ3n) is 2.34. The number of hydrogen-bond acceptors (Lipinski definition) is 2. The highest BCUT2D eigenvalue weighted by molar-refractivity contribution is 5.75. The van der Waals surface area contributed by atoms with Gasteiger partial charge in [0.15, 0.2) is 0 Å². The first-order valence-corrected chi connectivity index (χ1v) is 3.89. The summed E-state index contributed by atoms with van der Waals surface area (Å²) in [5.74, 6) is -0.684. The Kier molecular flexibility index (Phi) is 1.43. The molecule has 0 aliphatic heterocycles. The van der Waals surface area contributed by atoms with Crippen molar-refractivity contribution in [2.24, 2.45) is 13.0 Å².